The van der Waals surface area contributed by atoms with E-state index in [9.17, 15) is 8.42 Å². The molecule has 0 saturated carbocycles. The van der Waals surface area contributed by atoms with Crippen molar-refractivity contribution in [1.82, 2.24) is 4.41 Å². The van der Waals surface area contributed by atoms with Crippen molar-refractivity contribution in [2.45, 2.75) is 0 Å². The zero-order valence-electron chi connectivity index (χ0n) is 7.21. The molecule has 1 aliphatic rings. The van der Waals surface area contributed by atoms with Crippen molar-refractivity contribution < 1.29 is 8.42 Å². The van der Waals surface area contributed by atoms with Crippen molar-refractivity contribution in [2.24, 2.45) is 5.14 Å². The molecule has 3 N–H and O–H groups in total. The molecule has 14 heavy (non-hydrogen) atoms. The largest absolute Gasteiger partial charge is 0.316 e. The van der Waals surface area contributed by atoms with Gasteiger partial charge in [-0.15, -0.1) is 0 Å². The summed E-state index contributed by atoms with van der Waals surface area (Å²) in [5.74, 6) is 0. The first-order valence-electron chi connectivity index (χ1n) is 3.93. The average molecular weight is 211 g/mol. The topological polar surface area (TPSA) is 75.4 Å². The van der Waals surface area contributed by atoms with Crippen molar-refractivity contribution in [3.63, 3.8) is 0 Å². The molecule has 74 valence electrons. The number of hydrogen-bond acceptors (Lipinski definition) is 3. The van der Waals surface area contributed by atoms with Crippen molar-refractivity contribution in [3.05, 3.63) is 36.0 Å². The van der Waals surface area contributed by atoms with Crippen LogP contribution in [-0.4, -0.2) is 12.8 Å². The van der Waals surface area contributed by atoms with E-state index in [1.807, 2.05) is 18.2 Å². The quantitative estimate of drug-likeness (QED) is 0.710. The zero-order valence-corrected chi connectivity index (χ0v) is 8.03. The third-order valence-corrected chi connectivity index (χ3v) is 2.62. The Hall–Kier alpha value is -1.53. The van der Waals surface area contributed by atoms with E-state index in [0.29, 0.717) is 5.69 Å². The van der Waals surface area contributed by atoms with Gasteiger partial charge in [-0.3, -0.25) is 5.43 Å². The van der Waals surface area contributed by atoms with Crippen LogP contribution in [0.3, 0.4) is 0 Å². The van der Waals surface area contributed by atoms with E-state index in [-0.39, 0.29) is 0 Å². The Balaban J connectivity index is 2.40. The molecule has 0 radical (unpaired) electrons. The molecule has 1 aromatic carbocycles. The van der Waals surface area contributed by atoms with E-state index < -0.39 is 10.2 Å². The van der Waals surface area contributed by atoms with Crippen molar-refractivity contribution in [2.75, 3.05) is 5.43 Å². The van der Waals surface area contributed by atoms with Gasteiger partial charge in [0, 0.05) is 11.8 Å². The van der Waals surface area contributed by atoms with Gasteiger partial charge in [0.05, 0.1) is 5.69 Å². The molecule has 1 aromatic rings. The minimum atomic E-state index is -3.73. The highest BCUT2D eigenvalue weighted by molar-refractivity contribution is 7.86. The Labute approximate surface area is 82.0 Å². The molecular formula is C8H9N3O2S. The maximum Gasteiger partial charge on any atom is 0.316 e. The van der Waals surface area contributed by atoms with Gasteiger partial charge in [-0.2, -0.15) is 12.8 Å². The lowest BCUT2D eigenvalue weighted by Crippen LogP contribution is -2.38. The lowest BCUT2D eigenvalue weighted by molar-refractivity contribution is 0.537. The Morgan fingerprint density at radius 2 is 2.00 bits per heavy atom. The Morgan fingerprint density at radius 3 is 2.71 bits per heavy atom. The number of nitrogens with two attached hydrogens (primary N) is 1. The van der Waals surface area contributed by atoms with Crippen LogP contribution in [0.4, 0.5) is 5.69 Å². The van der Waals surface area contributed by atoms with Gasteiger partial charge in [-0.1, -0.05) is 18.2 Å². The lowest BCUT2D eigenvalue weighted by atomic mass is 10.1. The van der Waals surface area contributed by atoms with Gasteiger partial charge in [0.2, 0.25) is 0 Å². The second-order valence-electron chi connectivity index (χ2n) is 2.86. The molecule has 0 spiro atoms. The second-order valence-corrected chi connectivity index (χ2v) is 4.28. The minimum absolute atomic E-state index is 0.712. The van der Waals surface area contributed by atoms with Gasteiger partial charge in [0.1, 0.15) is 0 Å². The highest BCUT2D eigenvalue weighted by Gasteiger charge is 2.16. The smallest absolute Gasteiger partial charge is 0.283 e. The van der Waals surface area contributed by atoms with Crippen LogP contribution in [-0.2, 0) is 10.2 Å². The van der Waals surface area contributed by atoms with E-state index in [2.05, 4.69) is 5.43 Å². The third-order valence-electron chi connectivity index (χ3n) is 1.86. The van der Waals surface area contributed by atoms with Gasteiger partial charge in [0.15, 0.2) is 0 Å². The number of nitrogens with zero attached hydrogens (tertiary/aromatic N) is 1. The monoisotopic (exact) mass is 211 g/mol. The van der Waals surface area contributed by atoms with Crippen LogP contribution in [0.5, 0.6) is 0 Å². The van der Waals surface area contributed by atoms with E-state index in [0.717, 1.165) is 9.98 Å². The Bertz CT molecular complexity index is 481. The molecule has 0 unspecified atom stereocenters. The maximum absolute atomic E-state index is 11.0. The van der Waals surface area contributed by atoms with Gasteiger partial charge in [-0.05, 0) is 12.1 Å². The molecule has 0 aliphatic carbocycles. The maximum atomic E-state index is 11.0. The highest BCUT2D eigenvalue weighted by Crippen LogP contribution is 2.22. The van der Waals surface area contributed by atoms with Crippen molar-refractivity contribution in [3.8, 4) is 0 Å². The summed E-state index contributed by atoms with van der Waals surface area (Å²) in [7, 11) is -3.73. The van der Waals surface area contributed by atoms with E-state index in [4.69, 9.17) is 5.14 Å². The fraction of sp³-hybridized carbons (Fsp3) is 0. The predicted octanol–water partition coefficient (Wildman–Crippen LogP) is 0.503. The first-order chi connectivity index (χ1) is 6.57. The summed E-state index contributed by atoms with van der Waals surface area (Å²) in [6.45, 7) is 0. The zero-order chi connectivity index (χ0) is 10.2. The summed E-state index contributed by atoms with van der Waals surface area (Å²) >= 11 is 0. The number of nitrogens with one attached hydrogen (secondary N) is 1. The van der Waals surface area contributed by atoms with Crippen molar-refractivity contribution in [1.29, 1.82) is 0 Å². The number of hydrogen-bond donors (Lipinski definition) is 2. The Morgan fingerprint density at radius 1 is 1.29 bits per heavy atom. The number of rotatable bonds is 1. The molecule has 1 aliphatic heterocycles. The van der Waals surface area contributed by atoms with Gasteiger partial charge >= 0.3 is 10.2 Å². The van der Waals surface area contributed by atoms with E-state index in [1.54, 1.807) is 12.1 Å². The number of benzene rings is 1. The minimum Gasteiger partial charge on any atom is -0.283 e. The normalized spacial score (nSPS) is 14.8. The predicted molar refractivity (Wildman–Crippen MR) is 54.0 cm³/mol. The number of anilines is 1. The molecule has 0 saturated heterocycles. The summed E-state index contributed by atoms with van der Waals surface area (Å²) in [5, 5.41) is 4.95. The fourth-order valence-electron chi connectivity index (χ4n) is 1.20. The standard InChI is InChI=1S/C8H9N3O2S/c9-14(12,13)11-6-5-7-3-1-2-4-8(7)10-11/h1-6,10H,(H2,9,12,13). The molecule has 0 aromatic heterocycles. The summed E-state index contributed by atoms with van der Waals surface area (Å²) in [5.41, 5.74) is 4.31. The molecule has 5 nitrogen and oxygen atoms in total. The molecule has 0 bridgehead atoms. The van der Waals surface area contributed by atoms with Crippen LogP contribution in [0.15, 0.2) is 30.5 Å². The third kappa shape index (κ3) is 1.57. The summed E-state index contributed by atoms with van der Waals surface area (Å²) in [4.78, 5) is 0. The molecule has 0 amide bonds. The summed E-state index contributed by atoms with van der Waals surface area (Å²) in [6, 6.07) is 7.33. The number of fused-ring (bicyclic) bond motifs is 1. The summed E-state index contributed by atoms with van der Waals surface area (Å²) < 4.78 is 22.8. The van der Waals surface area contributed by atoms with Crippen LogP contribution in [0.1, 0.15) is 5.56 Å². The van der Waals surface area contributed by atoms with E-state index >= 15 is 0 Å². The molecule has 1 heterocycles. The van der Waals surface area contributed by atoms with Gasteiger partial charge in [-0.25, -0.2) is 5.14 Å². The van der Waals surface area contributed by atoms with Crippen LogP contribution in [0.25, 0.3) is 6.08 Å². The Kier molecular flexibility index (Phi) is 1.94. The van der Waals surface area contributed by atoms with Crippen LogP contribution < -0.4 is 10.6 Å². The second kappa shape index (κ2) is 3.00. The molecule has 6 heteroatoms. The average Bonchev–Trinajstić information content (AvgIpc) is 2.16. The number of hydrazine groups is 1. The first kappa shape index (κ1) is 9.04. The van der Waals surface area contributed by atoms with Gasteiger partial charge < -0.3 is 0 Å². The van der Waals surface area contributed by atoms with Gasteiger partial charge in [0.25, 0.3) is 0 Å². The summed E-state index contributed by atoms with van der Waals surface area (Å²) in [6.07, 6.45) is 3.05. The molecule has 0 atom stereocenters. The van der Waals surface area contributed by atoms with Crippen LogP contribution in [0, 0.1) is 0 Å². The molecule has 0 fully saturated rings. The first-order valence-corrected chi connectivity index (χ1v) is 5.44. The molecule has 2 rings (SSSR count). The van der Waals surface area contributed by atoms with E-state index in [1.165, 1.54) is 6.20 Å². The van der Waals surface area contributed by atoms with Crippen LogP contribution in [0.2, 0.25) is 0 Å². The van der Waals surface area contributed by atoms with Crippen LogP contribution >= 0.6 is 0 Å². The SMILES string of the molecule is NS(=O)(=O)N1C=Cc2ccccc2N1. The van der Waals surface area contributed by atoms with Crippen molar-refractivity contribution >= 4 is 22.0 Å². The number of para-hydroxylation sites is 1. The fourth-order valence-corrected chi connectivity index (χ4v) is 1.65. The highest BCUT2D eigenvalue weighted by atomic mass is 32.2. The lowest BCUT2D eigenvalue weighted by Gasteiger charge is -2.24. The molecular weight excluding hydrogens is 202 g/mol.